The summed E-state index contributed by atoms with van der Waals surface area (Å²) in [6, 6.07) is 5.11. The predicted molar refractivity (Wildman–Crippen MR) is 79.6 cm³/mol. The van der Waals surface area contributed by atoms with E-state index in [2.05, 4.69) is 15.9 Å². The first-order valence-electron chi connectivity index (χ1n) is 6.38. The minimum absolute atomic E-state index is 0.165. The molecule has 0 saturated carbocycles. The molecule has 0 spiro atoms. The number of primary amides is 1. The number of piperidine rings is 1. The highest BCUT2D eigenvalue weighted by molar-refractivity contribution is 9.10. The van der Waals surface area contributed by atoms with Gasteiger partial charge < -0.3 is 5.73 Å². The number of halogens is 1. The zero-order chi connectivity index (χ0) is 14.9. The number of hydrogen-bond donors (Lipinski definition) is 1. The molecular weight excluding hydrogens is 344 g/mol. The molecular formula is C13H17BrN2O3S. The Morgan fingerprint density at radius 2 is 2.15 bits per heavy atom. The maximum atomic E-state index is 12.6. The summed E-state index contributed by atoms with van der Waals surface area (Å²) in [5, 5.41) is 0. The van der Waals surface area contributed by atoms with Crippen molar-refractivity contribution >= 4 is 31.9 Å². The van der Waals surface area contributed by atoms with Gasteiger partial charge in [-0.3, -0.25) is 4.79 Å². The van der Waals surface area contributed by atoms with Crippen molar-refractivity contribution in [1.29, 1.82) is 0 Å². The van der Waals surface area contributed by atoms with Crippen LogP contribution in [-0.2, 0) is 14.8 Å². The minimum Gasteiger partial charge on any atom is -0.369 e. The number of sulfonamides is 1. The highest BCUT2D eigenvalue weighted by Gasteiger charge is 2.33. The Labute approximate surface area is 127 Å². The van der Waals surface area contributed by atoms with Gasteiger partial charge in [0, 0.05) is 17.6 Å². The van der Waals surface area contributed by atoms with Gasteiger partial charge >= 0.3 is 0 Å². The van der Waals surface area contributed by atoms with E-state index in [9.17, 15) is 13.2 Å². The van der Waals surface area contributed by atoms with Crippen LogP contribution in [0.25, 0.3) is 0 Å². The molecule has 1 aromatic carbocycles. The van der Waals surface area contributed by atoms with Gasteiger partial charge in [0.2, 0.25) is 15.9 Å². The fraction of sp³-hybridized carbons (Fsp3) is 0.462. The monoisotopic (exact) mass is 360 g/mol. The molecule has 2 N–H and O–H groups in total. The molecule has 1 aliphatic heterocycles. The summed E-state index contributed by atoms with van der Waals surface area (Å²) in [4.78, 5) is 11.5. The molecule has 7 heteroatoms. The second-order valence-electron chi connectivity index (χ2n) is 5.04. The summed E-state index contributed by atoms with van der Waals surface area (Å²) < 4.78 is 27.2. The molecule has 5 nitrogen and oxygen atoms in total. The number of benzene rings is 1. The van der Waals surface area contributed by atoms with Crippen LogP contribution in [0.5, 0.6) is 0 Å². The number of amides is 1. The molecule has 1 unspecified atom stereocenters. The third kappa shape index (κ3) is 3.05. The van der Waals surface area contributed by atoms with Crippen LogP contribution in [0.1, 0.15) is 18.4 Å². The highest BCUT2D eigenvalue weighted by atomic mass is 79.9. The van der Waals surface area contributed by atoms with E-state index in [0.717, 1.165) is 5.56 Å². The van der Waals surface area contributed by atoms with Crippen molar-refractivity contribution in [3.63, 3.8) is 0 Å². The van der Waals surface area contributed by atoms with Crippen molar-refractivity contribution in [2.45, 2.75) is 24.7 Å². The van der Waals surface area contributed by atoms with Gasteiger partial charge in [0.25, 0.3) is 0 Å². The second-order valence-corrected chi connectivity index (χ2v) is 7.80. The second kappa shape index (κ2) is 5.83. The average molecular weight is 361 g/mol. The van der Waals surface area contributed by atoms with Gasteiger partial charge in [-0.1, -0.05) is 6.07 Å². The Bertz CT molecular complexity index is 631. The molecule has 2 rings (SSSR count). The quantitative estimate of drug-likeness (QED) is 0.889. The van der Waals surface area contributed by atoms with E-state index in [1.54, 1.807) is 18.2 Å². The summed E-state index contributed by atoms with van der Waals surface area (Å²) in [7, 11) is -3.60. The Kier molecular flexibility index (Phi) is 4.51. The van der Waals surface area contributed by atoms with Gasteiger partial charge in [-0.25, -0.2) is 8.42 Å². The first kappa shape index (κ1) is 15.5. The molecule has 1 fully saturated rings. The number of carbonyl (C=O) groups excluding carboxylic acids is 1. The van der Waals surface area contributed by atoms with Crippen LogP contribution in [-0.4, -0.2) is 31.7 Å². The Morgan fingerprint density at radius 1 is 1.45 bits per heavy atom. The fourth-order valence-electron chi connectivity index (χ4n) is 2.35. The van der Waals surface area contributed by atoms with Gasteiger partial charge in [0.15, 0.2) is 0 Å². The van der Waals surface area contributed by atoms with Crippen molar-refractivity contribution in [2.24, 2.45) is 11.7 Å². The van der Waals surface area contributed by atoms with Gasteiger partial charge in [-0.2, -0.15) is 4.31 Å². The number of nitrogens with two attached hydrogens (primary N) is 1. The fourth-order valence-corrected chi connectivity index (χ4v) is 5.02. The molecule has 20 heavy (non-hydrogen) atoms. The number of carbonyl (C=O) groups is 1. The van der Waals surface area contributed by atoms with Crippen LogP contribution >= 0.6 is 15.9 Å². The van der Waals surface area contributed by atoms with Crippen molar-refractivity contribution in [2.75, 3.05) is 13.1 Å². The predicted octanol–water partition coefficient (Wildman–Crippen LogP) is 1.64. The van der Waals surface area contributed by atoms with Crippen LogP contribution in [0, 0.1) is 12.8 Å². The van der Waals surface area contributed by atoms with Crippen LogP contribution in [0.3, 0.4) is 0 Å². The Hall–Kier alpha value is -0.920. The van der Waals surface area contributed by atoms with E-state index >= 15 is 0 Å². The maximum Gasteiger partial charge on any atom is 0.244 e. The maximum absolute atomic E-state index is 12.6. The highest BCUT2D eigenvalue weighted by Crippen LogP contribution is 2.29. The van der Waals surface area contributed by atoms with E-state index in [4.69, 9.17) is 5.73 Å². The summed E-state index contributed by atoms with van der Waals surface area (Å²) in [6.07, 6.45) is 1.30. The van der Waals surface area contributed by atoms with Gasteiger partial charge in [-0.15, -0.1) is 0 Å². The van der Waals surface area contributed by atoms with E-state index in [0.29, 0.717) is 23.9 Å². The van der Waals surface area contributed by atoms with Crippen molar-refractivity contribution in [3.05, 3.63) is 28.2 Å². The minimum atomic E-state index is -3.60. The number of rotatable bonds is 3. The molecule has 0 bridgehead atoms. The molecule has 0 aromatic heterocycles. The first-order valence-corrected chi connectivity index (χ1v) is 8.61. The lowest BCUT2D eigenvalue weighted by molar-refractivity contribution is -0.122. The summed E-state index contributed by atoms with van der Waals surface area (Å²) in [6.45, 7) is 2.48. The molecule has 1 saturated heterocycles. The molecule has 110 valence electrons. The molecule has 1 heterocycles. The van der Waals surface area contributed by atoms with Crippen LogP contribution in [0.15, 0.2) is 27.6 Å². The smallest absolute Gasteiger partial charge is 0.244 e. The van der Waals surface area contributed by atoms with Crippen LogP contribution in [0.4, 0.5) is 0 Å². The van der Waals surface area contributed by atoms with Crippen molar-refractivity contribution in [3.8, 4) is 0 Å². The first-order chi connectivity index (χ1) is 9.32. The zero-order valence-corrected chi connectivity index (χ0v) is 13.6. The number of nitrogens with zero attached hydrogens (tertiary/aromatic N) is 1. The van der Waals surface area contributed by atoms with Crippen LogP contribution < -0.4 is 5.73 Å². The standard InChI is InChI=1S/C13H17BrN2O3S/c1-9-4-5-12(11(14)7-9)20(18,19)16-6-2-3-10(8-16)13(15)17/h4-5,7,10H,2-3,6,8H2,1H3,(H2,15,17). The summed E-state index contributed by atoms with van der Waals surface area (Å²) in [5.74, 6) is -0.837. The van der Waals surface area contributed by atoms with Gasteiger partial charge in [-0.05, 0) is 53.4 Å². The lowest BCUT2D eigenvalue weighted by Gasteiger charge is -2.30. The van der Waals surface area contributed by atoms with Crippen molar-refractivity contribution < 1.29 is 13.2 Å². The SMILES string of the molecule is Cc1ccc(S(=O)(=O)N2CCCC(C(N)=O)C2)c(Br)c1. The largest absolute Gasteiger partial charge is 0.369 e. The zero-order valence-electron chi connectivity index (χ0n) is 11.2. The van der Waals surface area contributed by atoms with E-state index in [1.807, 2.05) is 6.92 Å². The van der Waals surface area contributed by atoms with E-state index < -0.39 is 21.8 Å². The van der Waals surface area contributed by atoms with E-state index in [-0.39, 0.29) is 11.4 Å². The topological polar surface area (TPSA) is 80.5 Å². The molecule has 1 amide bonds. The molecule has 0 radical (unpaired) electrons. The van der Waals surface area contributed by atoms with E-state index in [1.165, 1.54) is 4.31 Å². The third-order valence-electron chi connectivity index (χ3n) is 3.49. The Morgan fingerprint density at radius 3 is 2.75 bits per heavy atom. The third-order valence-corrected chi connectivity index (χ3v) is 6.33. The molecule has 1 aromatic rings. The summed E-state index contributed by atoms with van der Waals surface area (Å²) >= 11 is 3.30. The Balaban J connectivity index is 2.32. The van der Waals surface area contributed by atoms with Gasteiger partial charge in [0.1, 0.15) is 0 Å². The molecule has 1 atom stereocenters. The molecule has 0 aliphatic carbocycles. The van der Waals surface area contributed by atoms with Gasteiger partial charge in [0.05, 0.1) is 10.8 Å². The van der Waals surface area contributed by atoms with Crippen molar-refractivity contribution in [1.82, 2.24) is 4.31 Å². The summed E-state index contributed by atoms with van der Waals surface area (Å²) in [5.41, 5.74) is 6.27. The average Bonchev–Trinajstić information content (AvgIpc) is 2.38. The lowest BCUT2D eigenvalue weighted by Crippen LogP contribution is -2.44. The number of aryl methyl sites for hydroxylation is 1. The normalized spacial score (nSPS) is 20.8. The van der Waals surface area contributed by atoms with Crippen LogP contribution in [0.2, 0.25) is 0 Å². The lowest BCUT2D eigenvalue weighted by atomic mass is 9.99. The number of hydrogen-bond acceptors (Lipinski definition) is 3. The molecule has 1 aliphatic rings.